The van der Waals surface area contributed by atoms with Gasteiger partial charge in [-0.15, -0.1) is 0 Å². The Bertz CT molecular complexity index is 1740. The van der Waals surface area contributed by atoms with E-state index in [1.54, 1.807) is 12.1 Å². The van der Waals surface area contributed by atoms with Gasteiger partial charge in [0.1, 0.15) is 0 Å². The second kappa shape index (κ2) is 11.7. The predicted octanol–water partition coefficient (Wildman–Crippen LogP) is 7.56. The number of hydrogen-bond acceptors (Lipinski definition) is 4. The highest BCUT2D eigenvalue weighted by molar-refractivity contribution is 6.30. The number of anilines is 2. The lowest BCUT2D eigenvalue weighted by Crippen LogP contribution is -2.41. The van der Waals surface area contributed by atoms with Crippen LogP contribution in [0.15, 0.2) is 156 Å². The van der Waals surface area contributed by atoms with Gasteiger partial charge in [0.15, 0.2) is 0 Å². The summed E-state index contributed by atoms with van der Waals surface area (Å²) in [5.41, 5.74) is 4.92. The Hall–Kier alpha value is -5.33. The quantitative estimate of drug-likeness (QED) is 0.195. The van der Waals surface area contributed by atoms with Gasteiger partial charge in [0.25, 0.3) is 11.8 Å². The lowest BCUT2D eigenvalue weighted by atomic mass is 9.70. The highest BCUT2D eigenvalue weighted by Crippen LogP contribution is 2.45. The number of carbonyl (C=O) groups excluding carboxylic acids is 2. The molecule has 0 radical (unpaired) electrons. The van der Waals surface area contributed by atoms with Gasteiger partial charge in [-0.05, 0) is 53.1 Å². The van der Waals surface area contributed by atoms with E-state index in [0.717, 1.165) is 16.7 Å². The number of benzene rings is 5. The molecule has 5 aromatic carbocycles. The Morgan fingerprint density at radius 2 is 0.864 bits per heavy atom. The van der Waals surface area contributed by atoms with Crippen LogP contribution in [0.25, 0.3) is 0 Å². The van der Waals surface area contributed by atoms with E-state index in [0.29, 0.717) is 27.8 Å². The minimum Gasteiger partial charge on any atom is -0.272 e. The van der Waals surface area contributed by atoms with Gasteiger partial charge in [-0.2, -0.15) is 20.2 Å². The van der Waals surface area contributed by atoms with Crippen LogP contribution in [-0.4, -0.2) is 23.2 Å². The summed E-state index contributed by atoms with van der Waals surface area (Å²) in [7, 11) is 0. The molecule has 2 heterocycles. The molecule has 214 valence electrons. The molecular weight excluding hydrogens is 568 g/mol. The Balaban J connectivity index is 1.44. The first-order valence-corrected chi connectivity index (χ1v) is 14.8. The molecule has 0 aliphatic carbocycles. The average molecular weight is 595 g/mol. The molecule has 2 aliphatic rings. The molecule has 6 nitrogen and oxygen atoms in total. The molecule has 0 N–H and O–H groups in total. The van der Waals surface area contributed by atoms with Crippen LogP contribution in [0.1, 0.15) is 22.6 Å². The largest absolute Gasteiger partial charge is 0.272 e. The summed E-state index contributed by atoms with van der Waals surface area (Å²) >= 11 is 6.35. The number of halogens is 1. The number of hydrazone groups is 2. The van der Waals surface area contributed by atoms with Crippen molar-refractivity contribution in [2.45, 2.75) is 5.92 Å². The van der Waals surface area contributed by atoms with Crippen LogP contribution in [0.4, 0.5) is 11.4 Å². The van der Waals surface area contributed by atoms with Gasteiger partial charge in [-0.1, -0.05) is 121 Å². The topological polar surface area (TPSA) is 65.3 Å². The smallest absolute Gasteiger partial charge is 0.257 e. The van der Waals surface area contributed by atoms with Crippen molar-refractivity contribution in [2.24, 2.45) is 22.0 Å². The van der Waals surface area contributed by atoms with E-state index in [2.05, 4.69) is 0 Å². The molecule has 0 saturated carbocycles. The summed E-state index contributed by atoms with van der Waals surface area (Å²) in [4.78, 5) is 29.3. The van der Waals surface area contributed by atoms with Gasteiger partial charge in [-0.25, -0.2) is 0 Å². The van der Waals surface area contributed by atoms with E-state index in [-0.39, 0.29) is 11.8 Å². The number of para-hydroxylation sites is 2. The number of nitrogens with zero attached hydrogens (tertiary/aromatic N) is 4. The van der Waals surface area contributed by atoms with E-state index >= 15 is 0 Å². The zero-order valence-electron chi connectivity index (χ0n) is 23.6. The SMILES string of the molecule is O=C1C(C(c2ccc(Cl)cc2)C2C(=O)N(c3ccccc3)N=C2c2ccccc2)C(c2ccccc2)=NN1c1ccccc1. The fourth-order valence-electron chi connectivity index (χ4n) is 6.05. The van der Waals surface area contributed by atoms with E-state index in [1.807, 2.05) is 133 Å². The molecule has 0 bridgehead atoms. The molecule has 44 heavy (non-hydrogen) atoms. The molecule has 7 rings (SSSR count). The van der Waals surface area contributed by atoms with Gasteiger partial charge >= 0.3 is 0 Å². The van der Waals surface area contributed by atoms with Gasteiger partial charge in [0.05, 0.1) is 34.6 Å². The van der Waals surface area contributed by atoms with Gasteiger partial charge in [-0.3, -0.25) is 9.59 Å². The Kier molecular flexibility index (Phi) is 7.34. The fraction of sp³-hybridized carbons (Fsp3) is 0.0811. The van der Waals surface area contributed by atoms with Crippen LogP contribution < -0.4 is 10.0 Å². The van der Waals surface area contributed by atoms with Crippen LogP contribution in [0.3, 0.4) is 0 Å². The summed E-state index contributed by atoms with van der Waals surface area (Å²) in [6.45, 7) is 0. The molecule has 2 aliphatic heterocycles. The van der Waals surface area contributed by atoms with Crippen LogP contribution in [0.5, 0.6) is 0 Å². The van der Waals surface area contributed by atoms with Crippen molar-refractivity contribution in [3.63, 3.8) is 0 Å². The Morgan fingerprint density at radius 3 is 1.25 bits per heavy atom. The molecule has 0 fully saturated rings. The molecule has 2 atom stereocenters. The fourth-order valence-corrected chi connectivity index (χ4v) is 6.17. The molecule has 7 heteroatoms. The van der Waals surface area contributed by atoms with Crippen molar-refractivity contribution in [1.29, 1.82) is 0 Å². The summed E-state index contributed by atoms with van der Waals surface area (Å²) in [6, 6.07) is 45.5. The van der Waals surface area contributed by atoms with Crippen molar-refractivity contribution in [2.75, 3.05) is 10.0 Å². The average Bonchev–Trinajstić information content (AvgIpc) is 3.61. The van der Waals surface area contributed by atoms with Crippen molar-refractivity contribution in [3.05, 3.63) is 167 Å². The van der Waals surface area contributed by atoms with Crippen molar-refractivity contribution < 1.29 is 9.59 Å². The van der Waals surface area contributed by atoms with Crippen LogP contribution >= 0.6 is 11.6 Å². The van der Waals surface area contributed by atoms with Gasteiger partial charge < -0.3 is 0 Å². The summed E-state index contributed by atoms with van der Waals surface area (Å²) in [5.74, 6) is -2.66. The molecular formula is C37H27ClN4O2. The van der Waals surface area contributed by atoms with Crippen LogP contribution in [0, 0.1) is 11.8 Å². The lowest BCUT2D eigenvalue weighted by molar-refractivity contribution is -0.122. The van der Waals surface area contributed by atoms with Crippen molar-refractivity contribution >= 4 is 46.2 Å². The number of amides is 2. The predicted molar refractivity (Wildman–Crippen MR) is 175 cm³/mol. The van der Waals surface area contributed by atoms with Gasteiger partial charge in [0.2, 0.25) is 0 Å². The van der Waals surface area contributed by atoms with E-state index < -0.39 is 17.8 Å². The van der Waals surface area contributed by atoms with Crippen LogP contribution in [-0.2, 0) is 9.59 Å². The monoisotopic (exact) mass is 594 g/mol. The summed E-state index contributed by atoms with van der Waals surface area (Å²) in [6.07, 6.45) is 0. The second-order valence-electron chi connectivity index (χ2n) is 10.7. The molecule has 0 saturated heterocycles. The summed E-state index contributed by atoms with van der Waals surface area (Å²) in [5, 5.41) is 13.4. The minimum atomic E-state index is -0.794. The van der Waals surface area contributed by atoms with Crippen molar-refractivity contribution in [1.82, 2.24) is 0 Å². The first-order chi connectivity index (χ1) is 21.6. The Morgan fingerprint density at radius 1 is 0.500 bits per heavy atom. The molecule has 2 unspecified atom stereocenters. The zero-order chi connectivity index (χ0) is 30.0. The second-order valence-corrected chi connectivity index (χ2v) is 11.1. The first-order valence-electron chi connectivity index (χ1n) is 14.4. The number of rotatable bonds is 7. The maximum absolute atomic E-state index is 14.6. The highest BCUT2D eigenvalue weighted by Gasteiger charge is 2.52. The molecule has 5 aromatic rings. The minimum absolute atomic E-state index is 0.214. The third kappa shape index (κ3) is 4.99. The third-order valence-electron chi connectivity index (χ3n) is 8.07. The zero-order valence-corrected chi connectivity index (χ0v) is 24.3. The standard InChI is InChI=1S/C37H27ClN4O2/c38-28-23-21-25(22-24-28)31(32-34(26-13-5-1-6-14-26)39-41(36(32)43)29-17-9-3-10-18-29)33-35(27-15-7-2-8-16-27)40-42(37(33)44)30-19-11-4-12-20-30/h1-24,31-33H. The number of carbonyl (C=O) groups is 2. The maximum atomic E-state index is 14.6. The number of hydrogen-bond donors (Lipinski definition) is 0. The maximum Gasteiger partial charge on any atom is 0.257 e. The Labute approximate surface area is 260 Å². The normalized spacial score (nSPS) is 18.8. The van der Waals surface area contributed by atoms with E-state index in [9.17, 15) is 9.59 Å². The molecule has 0 aromatic heterocycles. The van der Waals surface area contributed by atoms with E-state index in [1.165, 1.54) is 10.0 Å². The van der Waals surface area contributed by atoms with Crippen LogP contribution in [0.2, 0.25) is 5.02 Å². The van der Waals surface area contributed by atoms with E-state index in [4.69, 9.17) is 21.8 Å². The lowest BCUT2D eigenvalue weighted by Gasteiger charge is -2.30. The summed E-state index contributed by atoms with van der Waals surface area (Å²) < 4.78 is 0. The van der Waals surface area contributed by atoms with Gasteiger partial charge in [0, 0.05) is 10.9 Å². The van der Waals surface area contributed by atoms with Crippen molar-refractivity contribution in [3.8, 4) is 0 Å². The molecule has 2 amide bonds. The first kappa shape index (κ1) is 27.5. The highest BCUT2D eigenvalue weighted by atomic mass is 35.5. The third-order valence-corrected chi connectivity index (χ3v) is 8.32. The molecule has 0 spiro atoms.